The summed E-state index contributed by atoms with van der Waals surface area (Å²) in [5, 5.41) is 6.63. The number of hydrogen-bond donors (Lipinski definition) is 2. The summed E-state index contributed by atoms with van der Waals surface area (Å²) in [6.07, 6.45) is 9.23. The minimum Gasteiger partial charge on any atom is -0.382 e. The monoisotopic (exact) mass is 361 g/mol. The maximum absolute atomic E-state index is 13.1. The van der Waals surface area contributed by atoms with E-state index < -0.39 is 11.7 Å². The highest BCUT2D eigenvalue weighted by Crippen LogP contribution is 2.26. The van der Waals surface area contributed by atoms with Gasteiger partial charge < -0.3 is 15.2 Å². The molecule has 1 fully saturated rings. The van der Waals surface area contributed by atoms with E-state index in [1.54, 1.807) is 6.08 Å². The quantitative estimate of drug-likeness (QED) is 0.718. The first-order chi connectivity index (χ1) is 12.5. The van der Waals surface area contributed by atoms with Gasteiger partial charge in [0.05, 0.1) is 0 Å². The van der Waals surface area contributed by atoms with Gasteiger partial charge in [0.15, 0.2) is 5.83 Å². The highest BCUT2D eigenvalue weighted by Gasteiger charge is 2.16. The van der Waals surface area contributed by atoms with Crippen LogP contribution in [0.1, 0.15) is 36.8 Å². The number of allylic oxidation sites excluding steroid dienone is 3. The number of piperidine rings is 1. The van der Waals surface area contributed by atoms with Crippen LogP contribution in [0, 0.1) is 6.92 Å². The third-order valence-corrected chi connectivity index (χ3v) is 4.60. The Kier molecular flexibility index (Phi) is 7.85. The first-order valence-corrected chi connectivity index (χ1v) is 9.11. The van der Waals surface area contributed by atoms with Crippen molar-refractivity contribution in [3.63, 3.8) is 0 Å². The second kappa shape index (κ2) is 10.1. The van der Waals surface area contributed by atoms with E-state index in [1.165, 1.54) is 11.1 Å². The van der Waals surface area contributed by atoms with Crippen molar-refractivity contribution in [2.45, 2.75) is 32.6 Å². The first kappa shape index (κ1) is 20.2. The summed E-state index contributed by atoms with van der Waals surface area (Å²) in [5.74, 6) is -1.07. The molecule has 3 nitrogen and oxygen atoms in total. The van der Waals surface area contributed by atoms with E-state index in [0.717, 1.165) is 44.6 Å². The number of aromatic nitrogens is 1. The van der Waals surface area contributed by atoms with Crippen LogP contribution < -0.4 is 10.6 Å². The first-order valence-electron chi connectivity index (χ1n) is 9.11. The van der Waals surface area contributed by atoms with E-state index in [0.29, 0.717) is 12.5 Å². The SMILES string of the molecule is C/C(F)=C(F)\C=C/CNc1ccc(C)c(C2CCNCC2)cn(C)cc1. The lowest BCUT2D eigenvalue weighted by Gasteiger charge is -2.24. The summed E-state index contributed by atoms with van der Waals surface area (Å²) in [5.41, 5.74) is 3.55. The molecular formula is C21H29F2N3. The zero-order chi connectivity index (χ0) is 18.9. The van der Waals surface area contributed by atoms with Crippen LogP contribution in [0.3, 0.4) is 0 Å². The van der Waals surface area contributed by atoms with Crippen molar-refractivity contribution in [3.8, 4) is 0 Å². The molecule has 26 heavy (non-hydrogen) atoms. The molecule has 0 spiro atoms. The molecule has 2 rings (SSSR count). The highest BCUT2D eigenvalue weighted by atomic mass is 19.2. The van der Waals surface area contributed by atoms with Gasteiger partial charge in [-0.1, -0.05) is 12.1 Å². The lowest BCUT2D eigenvalue weighted by molar-refractivity contribution is 0.457. The standard InChI is InChI=1S/C21H29F2N3/c1-16-6-7-19(25-11-4-5-21(23)17(2)22)10-14-26(3)15-20(16)18-8-12-24-13-9-18/h4-7,10,14-15,18,24-25H,8-9,11-13H2,1-3H3/b5-4-,14-10?,16-6?,19-7?,20-15?,21-17-. The van der Waals surface area contributed by atoms with Gasteiger partial charge >= 0.3 is 0 Å². The molecule has 2 heterocycles. The van der Waals surface area contributed by atoms with E-state index in [2.05, 4.69) is 34.4 Å². The van der Waals surface area contributed by atoms with Crippen molar-refractivity contribution in [1.82, 2.24) is 9.88 Å². The van der Waals surface area contributed by atoms with Gasteiger partial charge in [-0.25, -0.2) is 8.78 Å². The Morgan fingerprint density at radius 2 is 2.00 bits per heavy atom. The molecule has 0 amide bonds. The van der Waals surface area contributed by atoms with Crippen LogP contribution >= 0.6 is 0 Å². The Labute approximate surface area is 155 Å². The predicted molar refractivity (Wildman–Crippen MR) is 105 cm³/mol. The lowest BCUT2D eigenvalue weighted by Crippen LogP contribution is -2.27. The molecule has 1 aromatic heterocycles. The van der Waals surface area contributed by atoms with Crippen molar-refractivity contribution in [2.75, 3.05) is 25.0 Å². The third kappa shape index (κ3) is 6.30. The fourth-order valence-corrected chi connectivity index (χ4v) is 3.06. The van der Waals surface area contributed by atoms with Gasteiger partial charge in [0, 0.05) is 31.7 Å². The molecule has 1 aliphatic heterocycles. The number of nitrogens with one attached hydrogen (secondary N) is 2. The smallest absolute Gasteiger partial charge is 0.154 e. The van der Waals surface area contributed by atoms with E-state index in [1.807, 2.05) is 25.4 Å². The molecule has 142 valence electrons. The largest absolute Gasteiger partial charge is 0.382 e. The van der Waals surface area contributed by atoms with Crippen molar-refractivity contribution in [3.05, 3.63) is 65.5 Å². The number of anilines is 1. The molecule has 5 heteroatoms. The number of halogens is 2. The number of aryl methyl sites for hydroxylation is 2. The fraction of sp³-hybridized carbons (Fsp3) is 0.429. The average molecular weight is 361 g/mol. The number of nitrogens with zero attached hydrogens (tertiary/aromatic N) is 1. The Morgan fingerprint density at radius 3 is 2.69 bits per heavy atom. The van der Waals surface area contributed by atoms with Crippen LogP contribution in [0.15, 0.2) is 54.4 Å². The van der Waals surface area contributed by atoms with E-state index in [4.69, 9.17) is 0 Å². The molecule has 0 radical (unpaired) electrons. The van der Waals surface area contributed by atoms with Gasteiger partial charge in [-0.15, -0.1) is 0 Å². The molecule has 1 aliphatic rings. The molecule has 0 aromatic carbocycles. The minimum atomic E-state index is -0.836. The molecule has 0 bridgehead atoms. The Hall–Kier alpha value is -2.14. The van der Waals surface area contributed by atoms with Gasteiger partial charge in [0.1, 0.15) is 5.83 Å². The Morgan fingerprint density at radius 1 is 1.27 bits per heavy atom. The Bertz CT molecular complexity index is 708. The number of rotatable bonds is 5. The molecule has 2 N–H and O–H groups in total. The lowest BCUT2D eigenvalue weighted by atomic mass is 9.89. The summed E-state index contributed by atoms with van der Waals surface area (Å²) in [4.78, 5) is 0. The maximum atomic E-state index is 13.1. The van der Waals surface area contributed by atoms with Crippen LogP contribution in [-0.2, 0) is 7.05 Å². The summed E-state index contributed by atoms with van der Waals surface area (Å²) in [6.45, 7) is 5.79. The van der Waals surface area contributed by atoms with Crippen LogP contribution in [0.2, 0.25) is 0 Å². The van der Waals surface area contributed by atoms with Gasteiger partial charge in [0.25, 0.3) is 0 Å². The van der Waals surface area contributed by atoms with Gasteiger partial charge in [-0.2, -0.15) is 0 Å². The summed E-state index contributed by atoms with van der Waals surface area (Å²) < 4.78 is 27.9. The van der Waals surface area contributed by atoms with Gasteiger partial charge in [-0.05, 0) is 75.0 Å². The summed E-state index contributed by atoms with van der Waals surface area (Å²) in [7, 11) is 2.03. The van der Waals surface area contributed by atoms with Gasteiger partial charge in [-0.3, -0.25) is 0 Å². The van der Waals surface area contributed by atoms with Crippen molar-refractivity contribution < 1.29 is 8.78 Å². The summed E-state index contributed by atoms with van der Waals surface area (Å²) in [6, 6.07) is 6.13. The van der Waals surface area contributed by atoms with Crippen LogP contribution in [0.5, 0.6) is 0 Å². The second-order valence-electron chi connectivity index (χ2n) is 6.73. The predicted octanol–water partition coefficient (Wildman–Crippen LogP) is 5.06. The topological polar surface area (TPSA) is 29.0 Å². The maximum Gasteiger partial charge on any atom is 0.154 e. The molecule has 1 aromatic rings. The molecule has 0 saturated carbocycles. The molecule has 0 unspecified atom stereocenters. The normalized spacial score (nSPS) is 16.3. The average Bonchev–Trinajstić information content (AvgIpc) is 2.70. The van der Waals surface area contributed by atoms with E-state index in [9.17, 15) is 8.78 Å². The fourth-order valence-electron chi connectivity index (χ4n) is 3.06. The molecule has 1 saturated heterocycles. The summed E-state index contributed by atoms with van der Waals surface area (Å²) >= 11 is 0. The van der Waals surface area contributed by atoms with Crippen molar-refractivity contribution in [2.24, 2.45) is 7.05 Å². The van der Waals surface area contributed by atoms with Gasteiger partial charge in [0.2, 0.25) is 0 Å². The van der Waals surface area contributed by atoms with Crippen LogP contribution in [0.4, 0.5) is 14.5 Å². The molecule has 0 atom stereocenters. The Balaban J connectivity index is 2.19. The minimum absolute atomic E-state index is 0.419. The molecule has 0 aliphatic carbocycles. The van der Waals surface area contributed by atoms with Crippen LogP contribution in [0.25, 0.3) is 0 Å². The molecular weight excluding hydrogens is 332 g/mol. The zero-order valence-electron chi connectivity index (χ0n) is 15.9. The van der Waals surface area contributed by atoms with Crippen molar-refractivity contribution >= 4 is 5.69 Å². The van der Waals surface area contributed by atoms with Crippen molar-refractivity contribution in [1.29, 1.82) is 0 Å². The van der Waals surface area contributed by atoms with E-state index >= 15 is 0 Å². The third-order valence-electron chi connectivity index (χ3n) is 4.60. The second-order valence-corrected chi connectivity index (χ2v) is 6.73. The number of hydrogen-bond acceptors (Lipinski definition) is 2. The highest BCUT2D eigenvalue weighted by molar-refractivity contribution is 5.43. The van der Waals surface area contributed by atoms with Crippen LogP contribution in [-0.4, -0.2) is 24.2 Å². The van der Waals surface area contributed by atoms with E-state index in [-0.39, 0.29) is 0 Å². The zero-order valence-corrected chi connectivity index (χ0v) is 15.9.